The highest BCUT2D eigenvalue weighted by Crippen LogP contribution is 2.21. The molecule has 0 radical (unpaired) electrons. The van der Waals surface area contributed by atoms with Crippen molar-refractivity contribution < 1.29 is 18.0 Å². The molecule has 0 aromatic carbocycles. The minimum atomic E-state index is -2.39. The van der Waals surface area contributed by atoms with Crippen molar-refractivity contribution in [2.24, 2.45) is 5.92 Å². The lowest BCUT2D eigenvalue weighted by Crippen LogP contribution is -2.30. The van der Waals surface area contributed by atoms with Crippen molar-refractivity contribution in [3.8, 4) is 0 Å². The van der Waals surface area contributed by atoms with Gasteiger partial charge in [0, 0.05) is 19.5 Å². The zero-order chi connectivity index (χ0) is 15.7. The number of hydrogen-bond acceptors (Lipinski definition) is 4. The maximum Gasteiger partial charge on any atom is 0.284 e. The van der Waals surface area contributed by atoms with Gasteiger partial charge in [-0.2, -0.15) is 8.78 Å². The number of furan rings is 1. The average molecular weight is 320 g/mol. The van der Waals surface area contributed by atoms with Gasteiger partial charge in [-0.3, -0.25) is 4.79 Å². The smallest absolute Gasteiger partial charge is 0.284 e. The molecule has 0 aliphatic rings. The molecule has 1 aromatic heterocycles. The van der Waals surface area contributed by atoms with Gasteiger partial charge in [-0.15, -0.1) is 0 Å². The summed E-state index contributed by atoms with van der Waals surface area (Å²) in [4.78, 5) is 11.5. The van der Waals surface area contributed by atoms with Crippen LogP contribution in [0.5, 0.6) is 0 Å². The molecule has 2 N–H and O–H groups in total. The lowest BCUT2D eigenvalue weighted by Gasteiger charge is -2.07. The van der Waals surface area contributed by atoms with E-state index >= 15 is 0 Å². The Morgan fingerprint density at radius 3 is 2.71 bits per heavy atom. The average Bonchev–Trinajstić information content (AvgIpc) is 2.87. The van der Waals surface area contributed by atoms with Crippen molar-refractivity contribution in [2.75, 3.05) is 13.1 Å². The Morgan fingerprint density at radius 1 is 1.33 bits per heavy atom. The normalized spacial score (nSPS) is 11.3. The van der Waals surface area contributed by atoms with Gasteiger partial charge in [0.1, 0.15) is 11.5 Å². The van der Waals surface area contributed by atoms with Crippen molar-refractivity contribution in [1.82, 2.24) is 10.6 Å². The molecule has 0 spiro atoms. The molecule has 1 amide bonds. The van der Waals surface area contributed by atoms with E-state index < -0.39 is 5.76 Å². The van der Waals surface area contributed by atoms with E-state index in [-0.39, 0.29) is 11.7 Å². The molecular formula is C14H22F2N2O2S. The number of carbonyl (C=O) groups is 1. The fraction of sp³-hybridized carbons (Fsp3) is 0.643. The maximum absolute atomic E-state index is 12.0. The number of nitrogens with one attached hydrogen (secondary N) is 2. The molecule has 0 fully saturated rings. The van der Waals surface area contributed by atoms with Gasteiger partial charge in [0.25, 0.3) is 5.76 Å². The summed E-state index contributed by atoms with van der Waals surface area (Å²) in [7, 11) is 0. The standard InChI is InChI=1S/C14H22F2N2O2S/c1-10(2)7-18-13(19)5-6-17-8-11-3-4-12(20-11)9-21-14(15)16/h3-4,10,14,17H,5-9H2,1-2H3,(H,18,19). The summed E-state index contributed by atoms with van der Waals surface area (Å²) in [6.07, 6.45) is 0.404. The summed E-state index contributed by atoms with van der Waals surface area (Å²) in [5.41, 5.74) is 0. The summed E-state index contributed by atoms with van der Waals surface area (Å²) in [6.45, 7) is 5.80. The van der Waals surface area contributed by atoms with Gasteiger partial charge in [0.15, 0.2) is 0 Å². The van der Waals surface area contributed by atoms with Crippen LogP contribution in [0.2, 0.25) is 0 Å². The number of carbonyl (C=O) groups excluding carboxylic acids is 1. The number of rotatable bonds is 10. The molecule has 0 saturated carbocycles. The Labute approximate surface area is 128 Å². The SMILES string of the molecule is CC(C)CNC(=O)CCNCc1ccc(CSC(F)F)o1. The van der Waals surface area contributed by atoms with E-state index in [9.17, 15) is 13.6 Å². The van der Waals surface area contributed by atoms with Gasteiger partial charge in [0.2, 0.25) is 5.91 Å². The molecule has 21 heavy (non-hydrogen) atoms. The summed E-state index contributed by atoms with van der Waals surface area (Å²) in [5, 5.41) is 5.92. The largest absolute Gasteiger partial charge is 0.464 e. The highest BCUT2D eigenvalue weighted by Gasteiger charge is 2.07. The molecule has 1 heterocycles. The first kappa shape index (κ1) is 18.0. The van der Waals surface area contributed by atoms with E-state index in [0.717, 1.165) is 0 Å². The first-order chi connectivity index (χ1) is 9.97. The predicted octanol–water partition coefficient (Wildman–Crippen LogP) is 2.99. The lowest BCUT2D eigenvalue weighted by molar-refractivity contribution is -0.121. The van der Waals surface area contributed by atoms with Crippen LogP contribution in [-0.4, -0.2) is 24.8 Å². The highest BCUT2D eigenvalue weighted by atomic mass is 32.2. The zero-order valence-electron chi connectivity index (χ0n) is 12.3. The zero-order valence-corrected chi connectivity index (χ0v) is 13.1. The minimum Gasteiger partial charge on any atom is -0.464 e. The third-order valence-corrected chi connectivity index (χ3v) is 3.31. The van der Waals surface area contributed by atoms with Crippen LogP contribution in [0, 0.1) is 5.92 Å². The first-order valence-corrected chi connectivity index (χ1v) is 7.97. The van der Waals surface area contributed by atoms with Crippen LogP contribution in [0.3, 0.4) is 0 Å². The molecule has 0 atom stereocenters. The summed E-state index contributed by atoms with van der Waals surface area (Å²) < 4.78 is 29.5. The summed E-state index contributed by atoms with van der Waals surface area (Å²) in [5.74, 6) is -0.551. The van der Waals surface area contributed by atoms with E-state index in [0.29, 0.717) is 55.3 Å². The number of thioether (sulfide) groups is 1. The third-order valence-electron chi connectivity index (χ3n) is 2.60. The van der Waals surface area contributed by atoms with Crippen LogP contribution < -0.4 is 10.6 Å². The van der Waals surface area contributed by atoms with Gasteiger partial charge in [-0.25, -0.2) is 0 Å². The molecule has 120 valence electrons. The van der Waals surface area contributed by atoms with Crippen molar-refractivity contribution in [3.05, 3.63) is 23.7 Å². The predicted molar refractivity (Wildman–Crippen MR) is 80.2 cm³/mol. The van der Waals surface area contributed by atoms with E-state index in [2.05, 4.69) is 10.6 Å². The monoisotopic (exact) mass is 320 g/mol. The molecule has 1 rings (SSSR count). The van der Waals surface area contributed by atoms with Crippen LogP contribution >= 0.6 is 11.8 Å². The molecule has 0 bridgehead atoms. The molecule has 4 nitrogen and oxygen atoms in total. The van der Waals surface area contributed by atoms with Crippen LogP contribution in [-0.2, 0) is 17.1 Å². The van der Waals surface area contributed by atoms with Crippen molar-refractivity contribution in [1.29, 1.82) is 0 Å². The lowest BCUT2D eigenvalue weighted by atomic mass is 10.2. The van der Waals surface area contributed by atoms with Gasteiger partial charge < -0.3 is 15.1 Å². The first-order valence-electron chi connectivity index (χ1n) is 6.92. The fourth-order valence-electron chi connectivity index (χ4n) is 1.56. The second-order valence-electron chi connectivity index (χ2n) is 5.06. The van der Waals surface area contributed by atoms with Crippen molar-refractivity contribution in [2.45, 2.75) is 38.3 Å². The number of amides is 1. The Morgan fingerprint density at radius 2 is 2.05 bits per heavy atom. The quantitative estimate of drug-likeness (QED) is 0.651. The van der Waals surface area contributed by atoms with E-state index in [1.807, 2.05) is 13.8 Å². The van der Waals surface area contributed by atoms with Gasteiger partial charge in [0.05, 0.1) is 12.3 Å². The highest BCUT2D eigenvalue weighted by molar-refractivity contribution is 7.98. The second-order valence-corrected chi connectivity index (χ2v) is 6.04. The van der Waals surface area contributed by atoms with E-state index in [1.165, 1.54) is 0 Å². The van der Waals surface area contributed by atoms with E-state index in [1.54, 1.807) is 12.1 Å². The Balaban J connectivity index is 2.14. The number of hydrogen-bond donors (Lipinski definition) is 2. The van der Waals surface area contributed by atoms with E-state index in [4.69, 9.17) is 4.42 Å². The minimum absolute atomic E-state index is 0.0182. The van der Waals surface area contributed by atoms with Gasteiger partial charge in [-0.1, -0.05) is 25.6 Å². The maximum atomic E-state index is 12.0. The Hall–Kier alpha value is -1.08. The Bertz CT molecular complexity index is 425. The fourth-order valence-corrected chi connectivity index (χ4v) is 2.01. The number of halogens is 2. The topological polar surface area (TPSA) is 54.3 Å². The van der Waals surface area contributed by atoms with Crippen molar-refractivity contribution in [3.63, 3.8) is 0 Å². The second kappa shape index (κ2) is 9.78. The molecular weight excluding hydrogens is 298 g/mol. The van der Waals surface area contributed by atoms with Gasteiger partial charge in [-0.05, 0) is 18.1 Å². The van der Waals surface area contributed by atoms with Crippen LogP contribution in [0.4, 0.5) is 8.78 Å². The third kappa shape index (κ3) is 8.72. The molecule has 0 aliphatic carbocycles. The van der Waals surface area contributed by atoms with Crippen LogP contribution in [0.15, 0.2) is 16.5 Å². The Kier molecular flexibility index (Phi) is 8.37. The molecule has 0 unspecified atom stereocenters. The molecule has 0 aliphatic heterocycles. The molecule has 7 heteroatoms. The molecule has 1 aromatic rings. The van der Waals surface area contributed by atoms with Gasteiger partial charge >= 0.3 is 0 Å². The van der Waals surface area contributed by atoms with Crippen molar-refractivity contribution >= 4 is 17.7 Å². The number of alkyl halides is 2. The van der Waals surface area contributed by atoms with Crippen LogP contribution in [0.25, 0.3) is 0 Å². The summed E-state index contributed by atoms with van der Waals surface area (Å²) in [6, 6.07) is 3.45. The molecule has 0 saturated heterocycles. The summed E-state index contributed by atoms with van der Waals surface area (Å²) >= 11 is 0.537. The van der Waals surface area contributed by atoms with Crippen LogP contribution in [0.1, 0.15) is 31.8 Å².